The van der Waals surface area contributed by atoms with Gasteiger partial charge in [0.05, 0.1) is 6.54 Å². The fourth-order valence-corrected chi connectivity index (χ4v) is 3.05. The molecule has 0 unspecified atom stereocenters. The van der Waals surface area contributed by atoms with E-state index in [1.54, 1.807) is 30.3 Å². The van der Waals surface area contributed by atoms with E-state index in [1.165, 1.54) is 0 Å². The normalized spacial score (nSPS) is 18.8. The van der Waals surface area contributed by atoms with Crippen LogP contribution >= 0.6 is 23.2 Å². The van der Waals surface area contributed by atoms with Crippen molar-refractivity contribution in [3.63, 3.8) is 0 Å². The zero-order valence-electron chi connectivity index (χ0n) is 14.1. The molecule has 2 aromatic rings. The number of nitrogens with zero attached hydrogens (tertiary/aromatic N) is 1. The van der Waals surface area contributed by atoms with Gasteiger partial charge in [0.15, 0.2) is 0 Å². The summed E-state index contributed by atoms with van der Waals surface area (Å²) in [7, 11) is 0. The molecule has 2 atom stereocenters. The molecule has 26 heavy (non-hydrogen) atoms. The molecule has 1 amide bonds. The topological polar surface area (TPSA) is 59.9 Å². The lowest BCUT2D eigenvalue weighted by Crippen LogP contribution is -2.40. The summed E-state index contributed by atoms with van der Waals surface area (Å²) in [6.45, 7) is 2.51. The number of ether oxygens (including phenoxy) is 1. The highest BCUT2D eigenvalue weighted by molar-refractivity contribution is 6.35. The van der Waals surface area contributed by atoms with Gasteiger partial charge >= 0.3 is 0 Å². The third kappa shape index (κ3) is 4.29. The number of halogens is 2. The Morgan fingerprint density at radius 2 is 1.92 bits per heavy atom. The Bertz CT molecular complexity index is 809. The largest absolute Gasteiger partial charge is 0.492 e. The van der Waals surface area contributed by atoms with E-state index in [1.807, 2.05) is 25.1 Å². The lowest BCUT2D eigenvalue weighted by atomic mass is 9.92. The third-order valence-electron chi connectivity index (χ3n) is 4.00. The Morgan fingerprint density at radius 3 is 2.65 bits per heavy atom. The number of carbonyl (C=O) groups excluding carboxylic acids is 1. The van der Waals surface area contributed by atoms with E-state index in [2.05, 4.69) is 10.5 Å². The average Bonchev–Trinajstić information content (AvgIpc) is 3.02. The minimum Gasteiger partial charge on any atom is -0.492 e. The Labute approximate surface area is 161 Å². The molecule has 1 N–H and O–H groups in total. The summed E-state index contributed by atoms with van der Waals surface area (Å²) in [5.41, 5.74) is 1.25. The SMILES string of the molecule is C[C@H]1ON=C(c2ccccc2Cl)[C@@H]1C(=O)NCCOc1ccc(Cl)cc1. The number of amides is 1. The molecule has 1 aliphatic heterocycles. The second-order valence-electron chi connectivity index (χ2n) is 5.84. The van der Waals surface area contributed by atoms with Crippen molar-refractivity contribution in [2.75, 3.05) is 13.2 Å². The van der Waals surface area contributed by atoms with E-state index in [4.69, 9.17) is 32.8 Å². The maximum absolute atomic E-state index is 12.6. The van der Waals surface area contributed by atoms with Crippen molar-refractivity contribution in [3.05, 3.63) is 64.1 Å². The first-order valence-corrected chi connectivity index (χ1v) is 8.96. The minimum absolute atomic E-state index is 0.173. The Hall–Kier alpha value is -2.24. The van der Waals surface area contributed by atoms with Gasteiger partial charge in [-0.2, -0.15) is 0 Å². The smallest absolute Gasteiger partial charge is 0.233 e. The molecule has 7 heteroatoms. The van der Waals surface area contributed by atoms with Crippen molar-refractivity contribution in [1.29, 1.82) is 0 Å². The van der Waals surface area contributed by atoms with Crippen LogP contribution in [0.3, 0.4) is 0 Å². The predicted octanol–water partition coefficient (Wildman–Crippen LogP) is 3.93. The molecule has 0 radical (unpaired) electrons. The number of benzene rings is 2. The summed E-state index contributed by atoms with van der Waals surface area (Å²) in [6, 6.07) is 14.3. The van der Waals surface area contributed by atoms with E-state index in [9.17, 15) is 4.79 Å². The van der Waals surface area contributed by atoms with E-state index >= 15 is 0 Å². The molecule has 0 aromatic heterocycles. The molecular formula is C19H18Cl2N2O3. The molecule has 136 valence electrons. The number of hydrogen-bond donors (Lipinski definition) is 1. The number of oxime groups is 1. The zero-order valence-corrected chi connectivity index (χ0v) is 15.6. The van der Waals surface area contributed by atoms with Gasteiger partial charge in [0.1, 0.15) is 30.1 Å². The highest BCUT2D eigenvalue weighted by Crippen LogP contribution is 2.27. The summed E-state index contributed by atoms with van der Waals surface area (Å²) >= 11 is 12.1. The predicted molar refractivity (Wildman–Crippen MR) is 102 cm³/mol. The van der Waals surface area contributed by atoms with E-state index in [0.29, 0.717) is 40.2 Å². The maximum Gasteiger partial charge on any atom is 0.233 e. The van der Waals surface area contributed by atoms with E-state index in [-0.39, 0.29) is 12.0 Å². The summed E-state index contributed by atoms with van der Waals surface area (Å²) < 4.78 is 5.58. The summed E-state index contributed by atoms with van der Waals surface area (Å²) in [5.74, 6) is -0.00153. The first kappa shape index (κ1) is 18.5. The zero-order chi connectivity index (χ0) is 18.5. The molecule has 0 saturated carbocycles. The number of rotatable bonds is 6. The van der Waals surface area contributed by atoms with Gasteiger partial charge < -0.3 is 14.9 Å². The molecule has 5 nitrogen and oxygen atoms in total. The van der Waals surface area contributed by atoms with E-state index < -0.39 is 5.92 Å². The Balaban J connectivity index is 1.57. The molecule has 2 aromatic carbocycles. The fraction of sp³-hybridized carbons (Fsp3) is 0.263. The Kier molecular flexibility index (Phi) is 6.01. The van der Waals surface area contributed by atoms with Crippen LogP contribution in [0.4, 0.5) is 0 Å². The molecule has 0 aliphatic carbocycles. The van der Waals surface area contributed by atoms with Crippen LogP contribution < -0.4 is 10.1 Å². The van der Waals surface area contributed by atoms with Gasteiger partial charge in [-0.25, -0.2) is 0 Å². The number of hydrogen-bond acceptors (Lipinski definition) is 4. The van der Waals surface area contributed by atoms with Crippen LogP contribution in [-0.2, 0) is 9.63 Å². The average molecular weight is 393 g/mol. The summed E-state index contributed by atoms with van der Waals surface area (Å²) in [6.07, 6.45) is -0.363. The van der Waals surface area contributed by atoms with E-state index in [0.717, 1.165) is 0 Å². The van der Waals surface area contributed by atoms with Crippen LogP contribution in [0.5, 0.6) is 5.75 Å². The first-order valence-electron chi connectivity index (χ1n) is 8.21. The molecule has 1 aliphatic rings. The quantitative estimate of drug-likeness (QED) is 0.757. The molecule has 3 rings (SSSR count). The van der Waals surface area contributed by atoms with Gasteiger partial charge in [-0.1, -0.05) is 46.6 Å². The van der Waals surface area contributed by atoms with Crippen molar-refractivity contribution >= 4 is 34.8 Å². The second kappa shape index (κ2) is 8.43. The summed E-state index contributed by atoms with van der Waals surface area (Å²) in [5, 5.41) is 8.10. The van der Waals surface area contributed by atoms with Crippen molar-refractivity contribution in [2.45, 2.75) is 13.0 Å². The van der Waals surface area contributed by atoms with Crippen molar-refractivity contribution in [1.82, 2.24) is 5.32 Å². The van der Waals surface area contributed by atoms with Crippen molar-refractivity contribution in [3.8, 4) is 5.75 Å². The second-order valence-corrected chi connectivity index (χ2v) is 6.68. The minimum atomic E-state index is -0.523. The molecule has 1 heterocycles. The van der Waals surface area contributed by atoms with Crippen LogP contribution in [0, 0.1) is 5.92 Å². The van der Waals surface area contributed by atoms with Gasteiger partial charge in [0.2, 0.25) is 5.91 Å². The highest BCUT2D eigenvalue weighted by Gasteiger charge is 2.38. The number of carbonyl (C=O) groups is 1. The van der Waals surface area contributed by atoms with Crippen LogP contribution in [0.15, 0.2) is 53.7 Å². The van der Waals surface area contributed by atoms with Crippen molar-refractivity contribution < 1.29 is 14.4 Å². The molecule has 0 fully saturated rings. The fourth-order valence-electron chi connectivity index (χ4n) is 2.69. The lowest BCUT2D eigenvalue weighted by Gasteiger charge is -2.16. The molecule has 0 saturated heterocycles. The maximum atomic E-state index is 12.6. The van der Waals surface area contributed by atoms with Crippen molar-refractivity contribution in [2.24, 2.45) is 11.1 Å². The molecular weight excluding hydrogens is 375 g/mol. The van der Waals surface area contributed by atoms with Gasteiger partial charge in [0.25, 0.3) is 0 Å². The highest BCUT2D eigenvalue weighted by atomic mass is 35.5. The number of nitrogens with one attached hydrogen (secondary N) is 1. The summed E-state index contributed by atoms with van der Waals surface area (Å²) in [4.78, 5) is 17.9. The first-order chi connectivity index (χ1) is 12.6. The van der Waals surface area contributed by atoms with Crippen LogP contribution in [0.25, 0.3) is 0 Å². The molecule has 0 spiro atoms. The molecule has 0 bridgehead atoms. The van der Waals surface area contributed by atoms with Gasteiger partial charge in [-0.15, -0.1) is 0 Å². The lowest BCUT2D eigenvalue weighted by molar-refractivity contribution is -0.125. The van der Waals surface area contributed by atoms with Crippen LogP contribution in [0.2, 0.25) is 10.0 Å². The Morgan fingerprint density at radius 1 is 1.19 bits per heavy atom. The standard InChI is InChI=1S/C19H18Cl2N2O3/c1-12-17(18(23-26-12)15-4-2-3-5-16(15)21)19(24)22-10-11-25-14-8-6-13(20)7-9-14/h2-9,12,17H,10-11H2,1H3,(H,22,24)/t12-,17-/m1/s1. The third-order valence-corrected chi connectivity index (χ3v) is 4.58. The van der Waals surface area contributed by atoms with Crippen LogP contribution in [0.1, 0.15) is 12.5 Å². The van der Waals surface area contributed by atoms with Gasteiger partial charge in [-0.05, 0) is 37.3 Å². The van der Waals surface area contributed by atoms with Gasteiger partial charge in [0, 0.05) is 15.6 Å². The van der Waals surface area contributed by atoms with Crippen LogP contribution in [-0.4, -0.2) is 30.9 Å². The van der Waals surface area contributed by atoms with Gasteiger partial charge in [-0.3, -0.25) is 4.79 Å². The monoisotopic (exact) mass is 392 g/mol.